The van der Waals surface area contributed by atoms with E-state index < -0.39 is 0 Å². The molecule has 3 nitrogen and oxygen atoms in total. The van der Waals surface area contributed by atoms with Gasteiger partial charge in [0, 0.05) is 14.7 Å². The molecule has 2 amide bonds. The van der Waals surface area contributed by atoms with Gasteiger partial charge in [0.05, 0.1) is 17.7 Å². The van der Waals surface area contributed by atoms with Crippen LogP contribution >= 0.6 is 27.3 Å². The van der Waals surface area contributed by atoms with E-state index in [-0.39, 0.29) is 11.8 Å². The minimum absolute atomic E-state index is 0.208. The number of nitrogens with zero attached hydrogens (tertiary/aromatic N) is 1. The van der Waals surface area contributed by atoms with Gasteiger partial charge in [-0.3, -0.25) is 14.5 Å². The van der Waals surface area contributed by atoms with Crippen LogP contribution in [0.4, 0.5) is 0 Å². The van der Waals surface area contributed by atoms with Gasteiger partial charge < -0.3 is 0 Å². The van der Waals surface area contributed by atoms with Gasteiger partial charge in [-0.05, 0) is 34.1 Å². The molecular weight excluding hydrogens is 314 g/mol. The number of rotatable bonds is 2. The molecule has 1 aliphatic rings. The molecule has 0 fully saturated rings. The van der Waals surface area contributed by atoms with Crippen LogP contribution in [-0.2, 0) is 6.54 Å². The van der Waals surface area contributed by atoms with E-state index in [0.717, 1.165) is 9.35 Å². The Hall–Kier alpha value is -1.46. The second-order valence-corrected chi connectivity index (χ2v) is 5.88. The van der Waals surface area contributed by atoms with Crippen LogP contribution in [0.1, 0.15) is 25.6 Å². The topological polar surface area (TPSA) is 37.4 Å². The smallest absolute Gasteiger partial charge is 0.261 e. The van der Waals surface area contributed by atoms with Gasteiger partial charge in [0.1, 0.15) is 0 Å². The van der Waals surface area contributed by atoms with Crippen LogP contribution in [0.15, 0.2) is 40.2 Å². The third-order valence-corrected chi connectivity index (χ3v) is 4.50. The average Bonchev–Trinajstić information content (AvgIpc) is 2.88. The number of benzene rings is 1. The summed E-state index contributed by atoms with van der Waals surface area (Å²) in [5.41, 5.74) is 0.997. The highest BCUT2D eigenvalue weighted by molar-refractivity contribution is 9.10. The molecule has 0 unspecified atom stereocenters. The summed E-state index contributed by atoms with van der Waals surface area (Å²) < 4.78 is 0.971. The number of fused-ring (bicyclic) bond motifs is 1. The van der Waals surface area contributed by atoms with E-state index in [9.17, 15) is 9.59 Å². The Labute approximate surface area is 116 Å². The number of thiophene rings is 1. The largest absolute Gasteiger partial charge is 0.269 e. The van der Waals surface area contributed by atoms with Crippen molar-refractivity contribution in [3.05, 3.63) is 56.2 Å². The number of hydrogen-bond acceptors (Lipinski definition) is 3. The van der Waals surface area contributed by atoms with E-state index in [1.165, 1.54) is 16.2 Å². The molecule has 0 saturated carbocycles. The summed E-state index contributed by atoms with van der Waals surface area (Å²) in [6, 6.07) is 8.86. The summed E-state index contributed by atoms with van der Waals surface area (Å²) in [5, 5.41) is 1.94. The first-order valence-electron chi connectivity index (χ1n) is 5.35. The first kappa shape index (κ1) is 11.6. The Morgan fingerprint density at radius 2 is 1.72 bits per heavy atom. The zero-order valence-electron chi connectivity index (χ0n) is 9.22. The van der Waals surface area contributed by atoms with Crippen molar-refractivity contribution < 1.29 is 9.59 Å². The fourth-order valence-corrected chi connectivity index (χ4v) is 3.41. The van der Waals surface area contributed by atoms with Gasteiger partial charge >= 0.3 is 0 Å². The lowest BCUT2D eigenvalue weighted by atomic mass is 10.1. The third kappa shape index (κ3) is 1.79. The Morgan fingerprint density at radius 1 is 1.11 bits per heavy atom. The first-order valence-corrected chi connectivity index (χ1v) is 7.02. The number of halogens is 1. The molecule has 90 valence electrons. The SMILES string of the molecule is O=C1c2ccccc2C(=O)N1Cc1cc(Br)cs1. The Bertz CT molecular complexity index is 615. The van der Waals surface area contributed by atoms with Crippen molar-refractivity contribution in [1.29, 1.82) is 0 Å². The van der Waals surface area contributed by atoms with Crippen LogP contribution in [0.5, 0.6) is 0 Å². The molecule has 5 heteroatoms. The highest BCUT2D eigenvalue weighted by Gasteiger charge is 2.35. The Kier molecular flexibility index (Phi) is 2.80. The lowest BCUT2D eigenvalue weighted by Gasteiger charge is -2.11. The number of carbonyl (C=O) groups is 2. The van der Waals surface area contributed by atoms with E-state index in [4.69, 9.17) is 0 Å². The summed E-state index contributed by atoms with van der Waals surface area (Å²) in [5.74, 6) is -0.416. The minimum atomic E-state index is -0.208. The zero-order valence-corrected chi connectivity index (χ0v) is 11.6. The maximum Gasteiger partial charge on any atom is 0.261 e. The van der Waals surface area contributed by atoms with E-state index in [2.05, 4.69) is 15.9 Å². The molecule has 0 bridgehead atoms. The molecule has 2 aromatic rings. The van der Waals surface area contributed by atoms with Gasteiger partial charge in [0.15, 0.2) is 0 Å². The molecule has 18 heavy (non-hydrogen) atoms. The second-order valence-electron chi connectivity index (χ2n) is 3.97. The fourth-order valence-electron chi connectivity index (χ4n) is 1.98. The summed E-state index contributed by atoms with van der Waals surface area (Å²) >= 11 is 4.89. The van der Waals surface area contributed by atoms with Crippen LogP contribution in [0.25, 0.3) is 0 Å². The van der Waals surface area contributed by atoms with Crippen LogP contribution in [0.3, 0.4) is 0 Å². The van der Waals surface area contributed by atoms with Crippen LogP contribution in [-0.4, -0.2) is 16.7 Å². The number of imide groups is 1. The summed E-state index contributed by atoms with van der Waals surface area (Å²) in [4.78, 5) is 26.5. The van der Waals surface area contributed by atoms with Crippen LogP contribution in [0.2, 0.25) is 0 Å². The van der Waals surface area contributed by atoms with Crippen molar-refractivity contribution in [2.24, 2.45) is 0 Å². The van der Waals surface area contributed by atoms with Crippen molar-refractivity contribution in [2.45, 2.75) is 6.54 Å². The molecule has 0 spiro atoms. The van der Waals surface area contributed by atoms with E-state index >= 15 is 0 Å². The number of amides is 2. The average molecular weight is 322 g/mol. The lowest BCUT2D eigenvalue weighted by molar-refractivity contribution is 0.0644. The quantitative estimate of drug-likeness (QED) is 0.796. The molecule has 0 aliphatic carbocycles. The van der Waals surface area contributed by atoms with Crippen molar-refractivity contribution in [2.75, 3.05) is 0 Å². The summed E-state index contributed by atoms with van der Waals surface area (Å²) in [6.07, 6.45) is 0. The molecule has 0 radical (unpaired) electrons. The van der Waals surface area contributed by atoms with E-state index in [0.29, 0.717) is 17.7 Å². The van der Waals surface area contributed by atoms with Gasteiger partial charge in [-0.1, -0.05) is 12.1 Å². The second kappa shape index (κ2) is 4.33. The van der Waals surface area contributed by atoms with Crippen molar-refractivity contribution in [3.8, 4) is 0 Å². The van der Waals surface area contributed by atoms with E-state index in [1.807, 2.05) is 11.4 Å². The molecule has 1 aromatic carbocycles. The molecule has 0 N–H and O–H groups in total. The van der Waals surface area contributed by atoms with Crippen molar-refractivity contribution in [1.82, 2.24) is 4.90 Å². The highest BCUT2D eigenvalue weighted by atomic mass is 79.9. The molecular formula is C13H8BrNO2S. The molecule has 3 rings (SSSR count). The molecule has 1 aliphatic heterocycles. The Balaban J connectivity index is 1.92. The van der Waals surface area contributed by atoms with Crippen LogP contribution in [0, 0.1) is 0 Å². The van der Waals surface area contributed by atoms with Crippen LogP contribution < -0.4 is 0 Å². The van der Waals surface area contributed by atoms with Crippen molar-refractivity contribution >= 4 is 39.1 Å². The standard InChI is InChI=1S/C13H8BrNO2S/c14-8-5-9(18-7-8)6-15-12(16)10-3-1-2-4-11(10)13(15)17/h1-5,7H,6H2. The minimum Gasteiger partial charge on any atom is -0.269 e. The van der Waals surface area contributed by atoms with E-state index in [1.54, 1.807) is 24.3 Å². The molecule has 1 aromatic heterocycles. The molecule has 2 heterocycles. The van der Waals surface area contributed by atoms with Gasteiger partial charge in [0.2, 0.25) is 0 Å². The third-order valence-electron chi connectivity index (χ3n) is 2.81. The number of hydrogen-bond donors (Lipinski definition) is 0. The highest BCUT2D eigenvalue weighted by Crippen LogP contribution is 2.27. The normalized spacial score (nSPS) is 14.2. The Morgan fingerprint density at radius 3 is 2.22 bits per heavy atom. The first-order chi connectivity index (χ1) is 8.66. The predicted molar refractivity (Wildman–Crippen MR) is 72.7 cm³/mol. The van der Waals surface area contributed by atoms with Crippen molar-refractivity contribution in [3.63, 3.8) is 0 Å². The van der Waals surface area contributed by atoms with Gasteiger partial charge in [-0.25, -0.2) is 0 Å². The maximum atomic E-state index is 12.1. The van der Waals surface area contributed by atoms with Gasteiger partial charge in [-0.15, -0.1) is 11.3 Å². The lowest BCUT2D eigenvalue weighted by Crippen LogP contribution is -2.28. The zero-order chi connectivity index (χ0) is 12.7. The monoisotopic (exact) mass is 321 g/mol. The fraction of sp³-hybridized carbons (Fsp3) is 0.0769. The predicted octanol–water partition coefficient (Wildman–Crippen LogP) is 3.31. The maximum absolute atomic E-state index is 12.1. The van der Waals surface area contributed by atoms with Gasteiger partial charge in [-0.2, -0.15) is 0 Å². The summed E-state index contributed by atoms with van der Waals surface area (Å²) in [6.45, 7) is 0.336. The molecule has 0 atom stereocenters. The molecule has 0 saturated heterocycles. The van der Waals surface area contributed by atoms with Gasteiger partial charge in [0.25, 0.3) is 11.8 Å². The number of carbonyl (C=O) groups excluding carboxylic acids is 2. The summed E-state index contributed by atoms with van der Waals surface area (Å²) in [7, 11) is 0.